The lowest BCUT2D eigenvalue weighted by Gasteiger charge is -2.28. The largest absolute Gasteiger partial charge is 0.389 e. The predicted molar refractivity (Wildman–Crippen MR) is 85.4 cm³/mol. The minimum absolute atomic E-state index is 0.298. The summed E-state index contributed by atoms with van der Waals surface area (Å²) in [5.74, 6) is -0.298. The Balaban J connectivity index is 2.51. The first kappa shape index (κ1) is 15.5. The normalized spacial score (nSPS) is 12.2. The summed E-state index contributed by atoms with van der Waals surface area (Å²) in [7, 11) is 0. The molecule has 112 valence electrons. The number of unbranched alkanes of at least 4 members (excludes halogenated alkanes) is 1. The number of para-hydroxylation sites is 2. The lowest BCUT2D eigenvalue weighted by Crippen LogP contribution is -2.21. The van der Waals surface area contributed by atoms with Crippen LogP contribution in [0, 0.1) is 5.82 Å². The molecule has 0 aliphatic heterocycles. The number of benzene rings is 2. The third kappa shape index (κ3) is 3.61. The van der Waals surface area contributed by atoms with E-state index in [1.165, 1.54) is 6.07 Å². The summed E-state index contributed by atoms with van der Waals surface area (Å²) in [5, 5.41) is 9.96. The molecule has 0 saturated heterocycles. The van der Waals surface area contributed by atoms with Gasteiger partial charge in [0.25, 0.3) is 0 Å². The minimum Gasteiger partial charge on any atom is -0.389 e. The Morgan fingerprint density at radius 2 is 1.81 bits per heavy atom. The summed E-state index contributed by atoms with van der Waals surface area (Å²) < 4.78 is 14.4. The van der Waals surface area contributed by atoms with Gasteiger partial charge in [0.1, 0.15) is 5.82 Å². The van der Waals surface area contributed by atoms with Crippen LogP contribution in [0.5, 0.6) is 0 Å². The van der Waals surface area contributed by atoms with Crippen molar-refractivity contribution in [1.82, 2.24) is 0 Å². The van der Waals surface area contributed by atoms with Crippen molar-refractivity contribution in [3.63, 3.8) is 0 Å². The highest BCUT2D eigenvalue weighted by atomic mass is 19.1. The third-order valence-electron chi connectivity index (χ3n) is 3.54. The van der Waals surface area contributed by atoms with Crippen molar-refractivity contribution >= 4 is 11.4 Å². The average Bonchev–Trinajstić information content (AvgIpc) is 2.49. The van der Waals surface area contributed by atoms with Gasteiger partial charge in [-0.3, -0.25) is 0 Å². The first-order valence-electron chi connectivity index (χ1n) is 7.44. The molecular weight excluding hydrogens is 265 g/mol. The maximum atomic E-state index is 14.4. The van der Waals surface area contributed by atoms with Crippen molar-refractivity contribution in [1.29, 1.82) is 0 Å². The number of aliphatic hydroxyl groups is 1. The number of anilines is 2. The first-order valence-corrected chi connectivity index (χ1v) is 7.44. The Hall–Kier alpha value is -1.87. The zero-order valence-corrected chi connectivity index (χ0v) is 12.6. The van der Waals surface area contributed by atoms with Gasteiger partial charge in [-0.05, 0) is 31.5 Å². The van der Waals surface area contributed by atoms with Crippen LogP contribution in [-0.2, 0) is 0 Å². The molecule has 0 saturated carbocycles. The number of nitrogens with zero attached hydrogens (tertiary/aromatic N) is 1. The van der Waals surface area contributed by atoms with E-state index in [9.17, 15) is 9.50 Å². The van der Waals surface area contributed by atoms with Crippen molar-refractivity contribution in [3.8, 4) is 0 Å². The van der Waals surface area contributed by atoms with E-state index in [0.29, 0.717) is 11.3 Å². The second kappa shape index (κ2) is 7.23. The van der Waals surface area contributed by atoms with Gasteiger partial charge in [0.05, 0.1) is 11.8 Å². The van der Waals surface area contributed by atoms with Crippen LogP contribution in [0.15, 0.2) is 48.5 Å². The van der Waals surface area contributed by atoms with Crippen LogP contribution in [0.25, 0.3) is 0 Å². The average molecular weight is 287 g/mol. The molecule has 2 nitrogen and oxygen atoms in total. The standard InChI is InChI=1S/C18H22FNO/c1-3-4-13-20(15-9-6-5-7-10-15)18-16(14(2)21)11-8-12-17(18)19/h5-12,14,21H,3-4,13H2,1-2H3/t14-/m1/s1. The number of hydrogen-bond acceptors (Lipinski definition) is 2. The monoisotopic (exact) mass is 287 g/mol. The fourth-order valence-corrected chi connectivity index (χ4v) is 2.45. The van der Waals surface area contributed by atoms with Gasteiger partial charge in [0.15, 0.2) is 0 Å². The van der Waals surface area contributed by atoms with Crippen LogP contribution in [-0.4, -0.2) is 11.7 Å². The highest BCUT2D eigenvalue weighted by Gasteiger charge is 2.19. The quantitative estimate of drug-likeness (QED) is 0.823. The van der Waals surface area contributed by atoms with E-state index >= 15 is 0 Å². The second-order valence-corrected chi connectivity index (χ2v) is 5.19. The summed E-state index contributed by atoms with van der Waals surface area (Å²) in [6.07, 6.45) is 1.29. The van der Waals surface area contributed by atoms with Gasteiger partial charge in [0, 0.05) is 17.8 Å². The van der Waals surface area contributed by atoms with Gasteiger partial charge >= 0.3 is 0 Å². The molecule has 2 aromatic rings. The maximum Gasteiger partial charge on any atom is 0.147 e. The second-order valence-electron chi connectivity index (χ2n) is 5.19. The molecule has 0 fully saturated rings. The minimum atomic E-state index is -0.705. The van der Waals surface area contributed by atoms with E-state index in [2.05, 4.69) is 6.92 Å². The molecule has 0 aliphatic rings. The Labute approximate surface area is 125 Å². The number of hydrogen-bond donors (Lipinski definition) is 1. The molecule has 1 atom stereocenters. The van der Waals surface area contributed by atoms with Crippen LogP contribution >= 0.6 is 0 Å². The van der Waals surface area contributed by atoms with Crippen molar-refractivity contribution < 1.29 is 9.50 Å². The zero-order valence-electron chi connectivity index (χ0n) is 12.6. The van der Waals surface area contributed by atoms with Crippen molar-refractivity contribution in [2.24, 2.45) is 0 Å². The SMILES string of the molecule is CCCCN(c1ccccc1)c1c(F)cccc1[C@@H](C)O. The van der Waals surface area contributed by atoms with Crippen LogP contribution in [0.2, 0.25) is 0 Å². The Kier molecular flexibility index (Phi) is 5.34. The molecule has 21 heavy (non-hydrogen) atoms. The third-order valence-corrected chi connectivity index (χ3v) is 3.54. The molecule has 0 aliphatic carbocycles. The van der Waals surface area contributed by atoms with E-state index in [1.54, 1.807) is 19.1 Å². The van der Waals surface area contributed by atoms with Crippen molar-refractivity contribution in [2.75, 3.05) is 11.4 Å². The van der Waals surface area contributed by atoms with E-state index in [0.717, 1.165) is 25.1 Å². The molecule has 1 N–H and O–H groups in total. The summed E-state index contributed by atoms with van der Waals surface area (Å²) in [4.78, 5) is 1.96. The number of aliphatic hydroxyl groups excluding tert-OH is 1. The molecule has 0 spiro atoms. The summed E-state index contributed by atoms with van der Waals surface area (Å²) in [5.41, 5.74) is 2.04. The van der Waals surface area contributed by atoms with E-state index in [-0.39, 0.29) is 5.82 Å². The highest BCUT2D eigenvalue weighted by Crippen LogP contribution is 2.34. The molecule has 0 unspecified atom stereocenters. The zero-order chi connectivity index (χ0) is 15.2. The smallest absolute Gasteiger partial charge is 0.147 e. The van der Waals surface area contributed by atoms with Crippen LogP contribution in [0.1, 0.15) is 38.4 Å². The van der Waals surface area contributed by atoms with Crippen LogP contribution in [0.3, 0.4) is 0 Å². The van der Waals surface area contributed by atoms with Gasteiger partial charge in [-0.2, -0.15) is 0 Å². The lowest BCUT2D eigenvalue weighted by molar-refractivity contribution is 0.199. The molecule has 0 aromatic heterocycles. The summed E-state index contributed by atoms with van der Waals surface area (Å²) in [6, 6.07) is 14.6. The fraction of sp³-hybridized carbons (Fsp3) is 0.333. The molecule has 3 heteroatoms. The highest BCUT2D eigenvalue weighted by molar-refractivity contribution is 5.67. The van der Waals surface area contributed by atoms with Gasteiger partial charge in [-0.15, -0.1) is 0 Å². The number of rotatable bonds is 6. The van der Waals surface area contributed by atoms with Crippen LogP contribution in [0.4, 0.5) is 15.8 Å². The fourth-order valence-electron chi connectivity index (χ4n) is 2.45. The van der Waals surface area contributed by atoms with E-state index in [1.807, 2.05) is 35.2 Å². The molecule has 0 bridgehead atoms. The van der Waals surface area contributed by atoms with Crippen molar-refractivity contribution in [3.05, 3.63) is 59.9 Å². The van der Waals surface area contributed by atoms with E-state index < -0.39 is 6.10 Å². The Bertz CT molecular complexity index is 569. The first-order chi connectivity index (χ1) is 10.1. The van der Waals surface area contributed by atoms with E-state index in [4.69, 9.17) is 0 Å². The molecule has 0 heterocycles. The molecule has 0 amide bonds. The van der Waals surface area contributed by atoms with Gasteiger partial charge < -0.3 is 10.0 Å². The molecule has 0 radical (unpaired) electrons. The predicted octanol–water partition coefficient (Wildman–Crippen LogP) is 4.82. The maximum absolute atomic E-state index is 14.4. The molecule has 2 aromatic carbocycles. The van der Waals surface area contributed by atoms with Gasteiger partial charge in [-0.25, -0.2) is 4.39 Å². The number of halogens is 1. The van der Waals surface area contributed by atoms with Crippen LogP contribution < -0.4 is 4.90 Å². The molecular formula is C18H22FNO. The topological polar surface area (TPSA) is 23.5 Å². The van der Waals surface area contributed by atoms with Gasteiger partial charge in [-0.1, -0.05) is 43.7 Å². The van der Waals surface area contributed by atoms with Gasteiger partial charge in [0.2, 0.25) is 0 Å². The van der Waals surface area contributed by atoms with Crippen molar-refractivity contribution in [2.45, 2.75) is 32.8 Å². The summed E-state index contributed by atoms with van der Waals surface area (Å²) in [6.45, 7) is 4.50. The lowest BCUT2D eigenvalue weighted by atomic mass is 10.1. The Morgan fingerprint density at radius 1 is 1.10 bits per heavy atom. The Morgan fingerprint density at radius 3 is 2.43 bits per heavy atom. The molecule has 2 rings (SSSR count). The summed E-state index contributed by atoms with van der Waals surface area (Å²) >= 11 is 0.